The van der Waals surface area contributed by atoms with Crippen molar-refractivity contribution in [1.29, 1.82) is 0 Å². The molecule has 8 heteroatoms. The minimum absolute atomic E-state index is 0.184. The second kappa shape index (κ2) is 5.47. The predicted octanol–water partition coefficient (Wildman–Crippen LogP) is 3.41. The minimum Gasteiger partial charge on any atom is -0.387 e. The molecule has 2 aromatic heterocycles. The third-order valence-corrected chi connectivity index (χ3v) is 7.14. The lowest BCUT2D eigenvalue weighted by Crippen LogP contribution is -2.02. The molecule has 1 aliphatic heterocycles. The summed E-state index contributed by atoms with van der Waals surface area (Å²) in [6.45, 7) is 0. The van der Waals surface area contributed by atoms with Gasteiger partial charge in [0.15, 0.2) is 9.84 Å². The number of nitrogens with zero attached hydrogens (tertiary/aromatic N) is 2. The first-order valence-corrected chi connectivity index (χ1v) is 10.5. The average Bonchev–Trinajstić information content (AvgIpc) is 3.16. The summed E-state index contributed by atoms with van der Waals surface area (Å²) in [6.07, 6.45) is 0.666. The molecule has 1 atom stereocenters. The fraction of sp³-hybridized carbons (Fsp3) is 0.111. The van der Waals surface area contributed by atoms with Gasteiger partial charge in [-0.3, -0.25) is 4.98 Å². The number of thiazole rings is 1. The van der Waals surface area contributed by atoms with E-state index in [-0.39, 0.29) is 10.6 Å². The molecule has 1 unspecified atom stereocenters. The molecule has 0 saturated carbocycles. The number of hydrogen-bond acceptors (Lipinski definition) is 7. The summed E-state index contributed by atoms with van der Waals surface area (Å²) in [5.41, 5.74) is 5.38. The molecule has 5 rings (SSSR count). The van der Waals surface area contributed by atoms with Crippen LogP contribution in [-0.4, -0.2) is 29.2 Å². The lowest BCUT2D eigenvalue weighted by atomic mass is 10.1. The van der Waals surface area contributed by atoms with Gasteiger partial charge in [-0.1, -0.05) is 0 Å². The molecule has 130 valence electrons. The first-order chi connectivity index (χ1) is 12.5. The summed E-state index contributed by atoms with van der Waals surface area (Å²) in [4.78, 5) is 8.83. The lowest BCUT2D eigenvalue weighted by molar-refractivity contribution is 0.204. The van der Waals surface area contributed by atoms with E-state index in [9.17, 15) is 13.5 Å². The number of pyridine rings is 1. The Hall–Kier alpha value is -2.55. The van der Waals surface area contributed by atoms with Gasteiger partial charge in [0.1, 0.15) is 0 Å². The van der Waals surface area contributed by atoms with Crippen molar-refractivity contribution in [2.45, 2.75) is 11.0 Å². The number of aliphatic hydroxyl groups excluding tert-OH is 1. The number of benzene rings is 2. The first-order valence-electron chi connectivity index (χ1n) is 7.95. The van der Waals surface area contributed by atoms with Crippen molar-refractivity contribution in [2.24, 2.45) is 0 Å². The number of fused-ring (bicyclic) bond motifs is 3. The predicted molar refractivity (Wildman–Crippen MR) is 102 cm³/mol. The van der Waals surface area contributed by atoms with Crippen molar-refractivity contribution in [2.75, 3.05) is 11.1 Å². The van der Waals surface area contributed by atoms with E-state index in [0.29, 0.717) is 16.5 Å². The van der Waals surface area contributed by atoms with Crippen molar-refractivity contribution < 1.29 is 13.5 Å². The van der Waals surface area contributed by atoms with Crippen molar-refractivity contribution in [3.63, 3.8) is 0 Å². The van der Waals surface area contributed by atoms with E-state index in [2.05, 4.69) is 15.3 Å². The highest BCUT2D eigenvalue weighted by atomic mass is 32.2. The molecule has 2 N–H and O–H groups in total. The van der Waals surface area contributed by atoms with Crippen molar-refractivity contribution >= 4 is 53.7 Å². The third kappa shape index (κ3) is 2.38. The molecule has 0 amide bonds. The van der Waals surface area contributed by atoms with Gasteiger partial charge in [-0.2, -0.15) is 0 Å². The van der Waals surface area contributed by atoms with Crippen LogP contribution in [0, 0.1) is 0 Å². The number of hydrogen-bond donors (Lipinski definition) is 2. The fourth-order valence-corrected chi connectivity index (χ4v) is 5.59. The van der Waals surface area contributed by atoms with Gasteiger partial charge in [-0.05, 0) is 36.4 Å². The van der Waals surface area contributed by atoms with E-state index in [0.717, 1.165) is 21.6 Å². The van der Waals surface area contributed by atoms with Crippen LogP contribution in [0.25, 0.3) is 21.1 Å². The largest absolute Gasteiger partial charge is 0.387 e. The van der Waals surface area contributed by atoms with Crippen molar-refractivity contribution in [3.8, 4) is 0 Å². The first kappa shape index (κ1) is 15.7. The maximum atomic E-state index is 12.3. The zero-order valence-corrected chi connectivity index (χ0v) is 15.0. The summed E-state index contributed by atoms with van der Waals surface area (Å²) in [7, 11) is -3.47. The van der Waals surface area contributed by atoms with Gasteiger partial charge in [0.25, 0.3) is 0 Å². The Balaban J connectivity index is 1.66. The fourth-order valence-electron chi connectivity index (χ4n) is 3.31. The molecule has 3 heterocycles. The maximum absolute atomic E-state index is 12.3. The van der Waals surface area contributed by atoms with Gasteiger partial charge < -0.3 is 10.4 Å². The zero-order valence-electron chi connectivity index (χ0n) is 13.4. The molecular formula is C18H13N3O3S2. The molecule has 4 aromatic rings. The Labute approximate surface area is 153 Å². The molecule has 2 aromatic carbocycles. The molecule has 0 spiro atoms. The number of nitrogens with one attached hydrogen (secondary N) is 1. The number of aliphatic hydroxyl groups is 1. The molecular weight excluding hydrogens is 370 g/mol. The second-order valence-electron chi connectivity index (χ2n) is 6.22. The van der Waals surface area contributed by atoms with Crippen molar-refractivity contribution in [3.05, 3.63) is 53.7 Å². The van der Waals surface area contributed by atoms with Crippen LogP contribution in [-0.2, 0) is 9.84 Å². The molecule has 26 heavy (non-hydrogen) atoms. The van der Waals surface area contributed by atoms with Gasteiger partial charge in [0.05, 0.1) is 38.0 Å². The monoisotopic (exact) mass is 383 g/mol. The highest BCUT2D eigenvalue weighted by Gasteiger charge is 2.34. The minimum atomic E-state index is -3.47. The summed E-state index contributed by atoms with van der Waals surface area (Å²) in [6, 6.07) is 11.0. The van der Waals surface area contributed by atoms with Crippen LogP contribution >= 0.6 is 11.3 Å². The molecule has 0 saturated heterocycles. The van der Waals surface area contributed by atoms with Crippen LogP contribution in [0.2, 0.25) is 0 Å². The molecule has 1 aliphatic rings. The quantitative estimate of drug-likeness (QED) is 0.551. The molecule has 0 bridgehead atoms. The molecule has 6 nitrogen and oxygen atoms in total. The summed E-state index contributed by atoms with van der Waals surface area (Å²) in [5, 5.41) is 14.1. The molecule has 0 fully saturated rings. The van der Waals surface area contributed by atoms with Crippen LogP contribution in [0.1, 0.15) is 11.7 Å². The van der Waals surface area contributed by atoms with Crippen molar-refractivity contribution in [1.82, 2.24) is 9.97 Å². The topological polar surface area (TPSA) is 92.2 Å². The Morgan fingerprint density at radius 3 is 2.88 bits per heavy atom. The van der Waals surface area contributed by atoms with Gasteiger partial charge in [-0.15, -0.1) is 11.3 Å². The van der Waals surface area contributed by atoms with E-state index in [4.69, 9.17) is 0 Å². The zero-order chi connectivity index (χ0) is 17.9. The van der Waals surface area contributed by atoms with Gasteiger partial charge >= 0.3 is 0 Å². The van der Waals surface area contributed by atoms with E-state index in [1.807, 2.05) is 18.2 Å². The number of rotatable bonds is 2. The summed E-state index contributed by atoms with van der Waals surface area (Å²) >= 11 is 1.58. The van der Waals surface area contributed by atoms with Gasteiger partial charge in [0, 0.05) is 28.5 Å². The number of anilines is 2. The van der Waals surface area contributed by atoms with Crippen LogP contribution in [0.15, 0.2) is 53.0 Å². The third-order valence-electron chi connectivity index (χ3n) is 4.55. The molecule has 0 aliphatic carbocycles. The van der Waals surface area contributed by atoms with Crippen LogP contribution in [0.5, 0.6) is 0 Å². The Bertz CT molecular complexity index is 1280. The summed E-state index contributed by atoms with van der Waals surface area (Å²) in [5.74, 6) is -0.276. The van der Waals surface area contributed by atoms with Gasteiger partial charge in [-0.25, -0.2) is 13.4 Å². The van der Waals surface area contributed by atoms with E-state index in [1.54, 1.807) is 41.2 Å². The molecule has 0 radical (unpaired) electrons. The van der Waals surface area contributed by atoms with Gasteiger partial charge in [0.2, 0.25) is 0 Å². The standard InChI is InChI=1S/C18H13N3O3S2/c22-16-8-26(23,24)18-7-11-13(3-4-19-14(11)6-12(16)18)21-10-1-2-17-15(5-10)20-9-25-17/h1-7,9,16,22H,8H2,(H,19,21). The Kier molecular flexibility index (Phi) is 3.30. The van der Waals surface area contributed by atoms with Crippen LogP contribution in [0.4, 0.5) is 11.4 Å². The summed E-state index contributed by atoms with van der Waals surface area (Å²) < 4.78 is 25.7. The highest BCUT2D eigenvalue weighted by molar-refractivity contribution is 7.91. The SMILES string of the molecule is O=S1(=O)CC(O)c2cc3nccc(Nc4ccc5scnc5c4)c3cc21. The highest BCUT2D eigenvalue weighted by Crippen LogP contribution is 2.38. The average molecular weight is 383 g/mol. The number of aromatic nitrogens is 2. The van der Waals surface area contributed by atoms with Crippen LogP contribution in [0.3, 0.4) is 0 Å². The maximum Gasteiger partial charge on any atom is 0.181 e. The Morgan fingerprint density at radius 2 is 2.00 bits per heavy atom. The lowest BCUT2D eigenvalue weighted by Gasteiger charge is -2.11. The number of sulfone groups is 1. The van der Waals surface area contributed by atoms with E-state index < -0.39 is 15.9 Å². The van der Waals surface area contributed by atoms with E-state index >= 15 is 0 Å². The Morgan fingerprint density at radius 1 is 1.12 bits per heavy atom. The second-order valence-corrected chi connectivity index (χ2v) is 9.11. The normalized spacial score (nSPS) is 18.3. The van der Waals surface area contributed by atoms with E-state index in [1.165, 1.54) is 0 Å². The van der Waals surface area contributed by atoms with Crippen LogP contribution < -0.4 is 5.32 Å². The smallest absolute Gasteiger partial charge is 0.181 e.